The van der Waals surface area contributed by atoms with E-state index in [1.54, 1.807) is 32.5 Å². The van der Waals surface area contributed by atoms with Crippen molar-refractivity contribution < 1.29 is 9.47 Å². The molecular weight excluding hydrogens is 258 g/mol. The molecule has 2 heterocycles. The summed E-state index contributed by atoms with van der Waals surface area (Å²) in [5.74, 6) is 1.43. The van der Waals surface area contributed by atoms with Gasteiger partial charge in [-0.1, -0.05) is 6.92 Å². The second kappa shape index (κ2) is 6.65. The van der Waals surface area contributed by atoms with Crippen molar-refractivity contribution in [3.8, 4) is 23.3 Å². The number of rotatable bonds is 6. The molecule has 2 aromatic heterocycles. The second-order valence-electron chi connectivity index (χ2n) is 3.92. The zero-order valence-electron chi connectivity index (χ0n) is 11.8. The van der Waals surface area contributed by atoms with Crippen molar-refractivity contribution in [3.63, 3.8) is 0 Å². The Kier molecular flexibility index (Phi) is 4.65. The maximum Gasteiger partial charge on any atom is 0.321 e. The van der Waals surface area contributed by atoms with Gasteiger partial charge in [-0.25, -0.2) is 4.98 Å². The van der Waals surface area contributed by atoms with Gasteiger partial charge in [0, 0.05) is 13.2 Å². The molecule has 0 radical (unpaired) electrons. The SMILES string of the molecule is CCCOc1nc(NC)nc(-c2ncccc2OC)n1. The Morgan fingerprint density at radius 2 is 2.10 bits per heavy atom. The van der Waals surface area contributed by atoms with Gasteiger partial charge in [0.25, 0.3) is 0 Å². The van der Waals surface area contributed by atoms with Gasteiger partial charge in [0.2, 0.25) is 5.95 Å². The standard InChI is InChI=1S/C13H17N5O2/c1-4-8-20-13-17-11(16-12(14-2)18-13)10-9(19-3)6-5-7-15-10/h5-7H,4,8H2,1-3H3,(H,14,16,17,18). The lowest BCUT2D eigenvalue weighted by atomic mass is 10.3. The smallest absolute Gasteiger partial charge is 0.321 e. The summed E-state index contributed by atoms with van der Waals surface area (Å²) in [6, 6.07) is 3.86. The third-order valence-corrected chi connectivity index (χ3v) is 2.48. The molecule has 1 N–H and O–H groups in total. The van der Waals surface area contributed by atoms with E-state index in [0.29, 0.717) is 29.8 Å². The van der Waals surface area contributed by atoms with Crippen LogP contribution in [0.5, 0.6) is 11.8 Å². The van der Waals surface area contributed by atoms with Crippen LogP contribution >= 0.6 is 0 Å². The zero-order valence-corrected chi connectivity index (χ0v) is 11.8. The molecule has 0 bridgehead atoms. The maximum absolute atomic E-state index is 5.46. The minimum atomic E-state index is 0.272. The summed E-state index contributed by atoms with van der Waals surface area (Å²) in [5.41, 5.74) is 0.551. The number of hydrogen-bond donors (Lipinski definition) is 1. The number of aromatic nitrogens is 4. The third kappa shape index (κ3) is 3.11. The van der Waals surface area contributed by atoms with E-state index in [1.807, 2.05) is 6.92 Å². The van der Waals surface area contributed by atoms with Crippen molar-refractivity contribution in [2.75, 3.05) is 26.1 Å². The molecular formula is C13H17N5O2. The van der Waals surface area contributed by atoms with Gasteiger partial charge in [-0.2, -0.15) is 15.0 Å². The molecule has 0 amide bonds. The number of nitrogens with one attached hydrogen (secondary N) is 1. The highest BCUT2D eigenvalue weighted by Gasteiger charge is 2.14. The van der Waals surface area contributed by atoms with E-state index in [0.717, 1.165) is 6.42 Å². The molecule has 7 heteroatoms. The molecule has 0 aromatic carbocycles. The van der Waals surface area contributed by atoms with E-state index in [2.05, 4.69) is 25.3 Å². The number of methoxy groups -OCH3 is 1. The molecule has 0 atom stereocenters. The first-order chi connectivity index (χ1) is 9.78. The minimum absolute atomic E-state index is 0.272. The molecule has 20 heavy (non-hydrogen) atoms. The lowest BCUT2D eigenvalue weighted by molar-refractivity contribution is 0.292. The molecule has 0 unspecified atom stereocenters. The van der Waals surface area contributed by atoms with Crippen LogP contribution in [-0.4, -0.2) is 40.7 Å². The van der Waals surface area contributed by atoms with Gasteiger partial charge in [-0.15, -0.1) is 0 Å². The molecule has 106 valence electrons. The fourth-order valence-corrected chi connectivity index (χ4v) is 1.56. The lowest BCUT2D eigenvalue weighted by Crippen LogP contribution is -2.07. The van der Waals surface area contributed by atoms with Crippen LogP contribution in [0.15, 0.2) is 18.3 Å². The van der Waals surface area contributed by atoms with Crippen molar-refractivity contribution >= 4 is 5.95 Å². The van der Waals surface area contributed by atoms with Gasteiger partial charge in [-0.3, -0.25) is 0 Å². The summed E-state index contributed by atoms with van der Waals surface area (Å²) in [7, 11) is 3.31. The average Bonchev–Trinajstić information content (AvgIpc) is 2.52. The topological polar surface area (TPSA) is 82.0 Å². The summed E-state index contributed by atoms with van der Waals surface area (Å²) in [6.45, 7) is 2.56. The monoisotopic (exact) mass is 275 g/mol. The minimum Gasteiger partial charge on any atom is -0.494 e. The first-order valence-electron chi connectivity index (χ1n) is 6.34. The van der Waals surface area contributed by atoms with E-state index in [-0.39, 0.29) is 6.01 Å². The Balaban J connectivity index is 2.44. The zero-order chi connectivity index (χ0) is 14.4. The van der Waals surface area contributed by atoms with Crippen molar-refractivity contribution in [1.82, 2.24) is 19.9 Å². The van der Waals surface area contributed by atoms with Gasteiger partial charge in [0.05, 0.1) is 13.7 Å². The molecule has 2 rings (SSSR count). The number of pyridine rings is 1. The normalized spacial score (nSPS) is 10.2. The maximum atomic E-state index is 5.46. The fraction of sp³-hybridized carbons (Fsp3) is 0.385. The Bertz CT molecular complexity index is 576. The van der Waals surface area contributed by atoms with Gasteiger partial charge in [0.15, 0.2) is 5.82 Å². The number of ether oxygens (including phenoxy) is 2. The molecule has 0 saturated carbocycles. The molecule has 2 aromatic rings. The average molecular weight is 275 g/mol. The Morgan fingerprint density at radius 3 is 2.80 bits per heavy atom. The molecule has 0 aliphatic rings. The van der Waals surface area contributed by atoms with E-state index in [4.69, 9.17) is 9.47 Å². The highest BCUT2D eigenvalue weighted by atomic mass is 16.5. The highest BCUT2D eigenvalue weighted by molar-refractivity contribution is 5.59. The number of nitrogens with zero attached hydrogens (tertiary/aromatic N) is 4. The van der Waals surface area contributed by atoms with Crippen LogP contribution in [0.2, 0.25) is 0 Å². The van der Waals surface area contributed by atoms with Crippen LogP contribution in [0.3, 0.4) is 0 Å². The van der Waals surface area contributed by atoms with E-state index in [9.17, 15) is 0 Å². The van der Waals surface area contributed by atoms with Gasteiger partial charge >= 0.3 is 6.01 Å². The van der Waals surface area contributed by atoms with E-state index in [1.165, 1.54) is 0 Å². The van der Waals surface area contributed by atoms with Crippen LogP contribution in [0.4, 0.5) is 5.95 Å². The van der Waals surface area contributed by atoms with Gasteiger partial charge < -0.3 is 14.8 Å². The molecule has 0 spiro atoms. The quantitative estimate of drug-likeness (QED) is 0.860. The first-order valence-corrected chi connectivity index (χ1v) is 6.34. The molecule has 0 aliphatic carbocycles. The number of anilines is 1. The van der Waals surface area contributed by atoms with Crippen LogP contribution in [0.1, 0.15) is 13.3 Å². The van der Waals surface area contributed by atoms with Crippen molar-refractivity contribution in [2.45, 2.75) is 13.3 Å². The lowest BCUT2D eigenvalue weighted by Gasteiger charge is -2.09. The third-order valence-electron chi connectivity index (χ3n) is 2.48. The first kappa shape index (κ1) is 14.0. The van der Waals surface area contributed by atoms with Crippen molar-refractivity contribution in [1.29, 1.82) is 0 Å². The van der Waals surface area contributed by atoms with Gasteiger partial charge in [0.1, 0.15) is 11.4 Å². The summed E-state index contributed by atoms with van der Waals surface area (Å²) in [4.78, 5) is 17.0. The fourth-order valence-electron chi connectivity index (χ4n) is 1.56. The Hall–Kier alpha value is -2.44. The predicted molar refractivity (Wildman–Crippen MR) is 74.9 cm³/mol. The van der Waals surface area contributed by atoms with Crippen LogP contribution in [0, 0.1) is 0 Å². The largest absolute Gasteiger partial charge is 0.494 e. The van der Waals surface area contributed by atoms with Gasteiger partial charge in [-0.05, 0) is 18.6 Å². The highest BCUT2D eigenvalue weighted by Crippen LogP contribution is 2.25. The summed E-state index contributed by atoms with van der Waals surface area (Å²) in [5, 5.41) is 2.88. The molecule has 7 nitrogen and oxygen atoms in total. The number of hydrogen-bond acceptors (Lipinski definition) is 7. The van der Waals surface area contributed by atoms with Crippen LogP contribution in [-0.2, 0) is 0 Å². The molecule has 0 aliphatic heterocycles. The van der Waals surface area contributed by atoms with Crippen molar-refractivity contribution in [2.24, 2.45) is 0 Å². The molecule has 0 fully saturated rings. The summed E-state index contributed by atoms with van der Waals surface area (Å²) in [6.07, 6.45) is 2.54. The van der Waals surface area contributed by atoms with Crippen molar-refractivity contribution in [3.05, 3.63) is 18.3 Å². The Morgan fingerprint density at radius 1 is 1.25 bits per heavy atom. The molecule has 0 saturated heterocycles. The summed E-state index contributed by atoms with van der Waals surface area (Å²) < 4.78 is 10.7. The van der Waals surface area contributed by atoms with E-state index >= 15 is 0 Å². The second-order valence-corrected chi connectivity index (χ2v) is 3.92. The van der Waals surface area contributed by atoms with Crippen LogP contribution < -0.4 is 14.8 Å². The van der Waals surface area contributed by atoms with E-state index < -0.39 is 0 Å². The summed E-state index contributed by atoms with van der Waals surface area (Å²) >= 11 is 0. The Labute approximate surface area is 117 Å². The predicted octanol–water partition coefficient (Wildman–Crippen LogP) is 1.77. The van der Waals surface area contributed by atoms with Crippen LogP contribution in [0.25, 0.3) is 11.5 Å².